The first-order valence-corrected chi connectivity index (χ1v) is 3.09. The number of ether oxygens (including phenoxy) is 1. The Morgan fingerprint density at radius 1 is 1.70 bits per heavy atom. The van der Waals surface area contributed by atoms with Gasteiger partial charge in [-0.05, 0) is 6.92 Å². The van der Waals surface area contributed by atoms with Crippen molar-refractivity contribution in [3.05, 3.63) is 23.4 Å². The maximum absolute atomic E-state index is 12.7. The van der Waals surface area contributed by atoms with E-state index in [-0.39, 0.29) is 5.83 Å². The van der Waals surface area contributed by atoms with Gasteiger partial charge in [-0.2, -0.15) is 0 Å². The van der Waals surface area contributed by atoms with Crippen LogP contribution in [0.1, 0.15) is 6.92 Å². The molecule has 0 aromatic rings. The third-order valence-electron chi connectivity index (χ3n) is 1.51. The molecular formula is C7H10FNO. The SMILES string of the molecule is COC1=C(C)C(F)=CNC1. The van der Waals surface area contributed by atoms with Crippen molar-refractivity contribution < 1.29 is 9.13 Å². The summed E-state index contributed by atoms with van der Waals surface area (Å²) >= 11 is 0. The van der Waals surface area contributed by atoms with Crippen molar-refractivity contribution in [3.8, 4) is 0 Å². The molecular weight excluding hydrogens is 133 g/mol. The highest BCUT2D eigenvalue weighted by molar-refractivity contribution is 5.29. The highest BCUT2D eigenvalue weighted by Crippen LogP contribution is 2.17. The topological polar surface area (TPSA) is 21.3 Å². The van der Waals surface area contributed by atoms with E-state index in [0.29, 0.717) is 17.9 Å². The predicted octanol–water partition coefficient (Wildman–Crippen LogP) is 1.32. The molecule has 0 unspecified atom stereocenters. The van der Waals surface area contributed by atoms with Gasteiger partial charge in [0, 0.05) is 11.8 Å². The van der Waals surface area contributed by atoms with Gasteiger partial charge in [0.1, 0.15) is 11.6 Å². The van der Waals surface area contributed by atoms with Crippen molar-refractivity contribution in [2.24, 2.45) is 0 Å². The number of hydrogen-bond acceptors (Lipinski definition) is 2. The Morgan fingerprint density at radius 3 is 2.90 bits per heavy atom. The molecule has 1 rings (SSSR count). The number of hydrogen-bond donors (Lipinski definition) is 1. The lowest BCUT2D eigenvalue weighted by molar-refractivity contribution is 0.274. The van der Waals surface area contributed by atoms with Crippen LogP contribution >= 0.6 is 0 Å². The predicted molar refractivity (Wildman–Crippen MR) is 36.9 cm³/mol. The highest BCUT2D eigenvalue weighted by Gasteiger charge is 2.10. The first-order chi connectivity index (χ1) is 4.75. The highest BCUT2D eigenvalue weighted by atomic mass is 19.1. The van der Waals surface area contributed by atoms with Crippen LogP contribution in [-0.2, 0) is 4.74 Å². The molecule has 0 aromatic heterocycles. The molecule has 1 N–H and O–H groups in total. The van der Waals surface area contributed by atoms with Crippen molar-refractivity contribution in [2.45, 2.75) is 6.92 Å². The first kappa shape index (κ1) is 7.12. The smallest absolute Gasteiger partial charge is 0.145 e. The van der Waals surface area contributed by atoms with Gasteiger partial charge in [0.05, 0.1) is 13.7 Å². The van der Waals surface area contributed by atoms with Gasteiger partial charge < -0.3 is 10.1 Å². The minimum atomic E-state index is -0.247. The Balaban J connectivity index is 2.85. The summed E-state index contributed by atoms with van der Waals surface area (Å²) < 4.78 is 17.6. The van der Waals surface area contributed by atoms with Gasteiger partial charge in [-0.15, -0.1) is 0 Å². The molecule has 0 amide bonds. The minimum Gasteiger partial charge on any atom is -0.499 e. The zero-order valence-electron chi connectivity index (χ0n) is 6.07. The zero-order chi connectivity index (χ0) is 7.56. The number of methoxy groups -OCH3 is 1. The molecule has 56 valence electrons. The van der Waals surface area contributed by atoms with Gasteiger partial charge in [0.25, 0.3) is 0 Å². The van der Waals surface area contributed by atoms with Gasteiger partial charge in [-0.3, -0.25) is 0 Å². The fraction of sp³-hybridized carbons (Fsp3) is 0.429. The van der Waals surface area contributed by atoms with Gasteiger partial charge in [-0.25, -0.2) is 4.39 Å². The molecule has 1 aliphatic rings. The number of allylic oxidation sites excluding steroid dienone is 2. The summed E-state index contributed by atoms with van der Waals surface area (Å²) in [5.41, 5.74) is 0.584. The average molecular weight is 143 g/mol. The molecule has 0 aliphatic carbocycles. The van der Waals surface area contributed by atoms with Gasteiger partial charge in [0.15, 0.2) is 0 Å². The summed E-state index contributed by atoms with van der Waals surface area (Å²) in [7, 11) is 1.54. The van der Waals surface area contributed by atoms with E-state index in [1.807, 2.05) is 0 Å². The summed E-state index contributed by atoms with van der Waals surface area (Å²) in [6.45, 7) is 2.28. The third-order valence-corrected chi connectivity index (χ3v) is 1.51. The van der Waals surface area contributed by atoms with Crippen molar-refractivity contribution in [1.82, 2.24) is 5.32 Å². The van der Waals surface area contributed by atoms with Crippen molar-refractivity contribution in [2.75, 3.05) is 13.7 Å². The molecule has 1 heterocycles. The van der Waals surface area contributed by atoms with Crippen molar-refractivity contribution in [3.63, 3.8) is 0 Å². The van der Waals surface area contributed by atoms with E-state index in [4.69, 9.17) is 4.74 Å². The van der Waals surface area contributed by atoms with Gasteiger partial charge >= 0.3 is 0 Å². The van der Waals surface area contributed by atoms with Crippen LogP contribution in [0, 0.1) is 0 Å². The van der Waals surface area contributed by atoms with E-state index in [0.717, 1.165) is 0 Å². The molecule has 0 radical (unpaired) electrons. The fourth-order valence-corrected chi connectivity index (χ4v) is 0.833. The van der Waals surface area contributed by atoms with Crippen LogP contribution in [0.5, 0.6) is 0 Å². The zero-order valence-corrected chi connectivity index (χ0v) is 6.07. The van der Waals surface area contributed by atoms with Crippen LogP contribution in [-0.4, -0.2) is 13.7 Å². The van der Waals surface area contributed by atoms with Gasteiger partial charge in [0.2, 0.25) is 0 Å². The number of nitrogens with one attached hydrogen (secondary N) is 1. The molecule has 0 aromatic carbocycles. The molecule has 0 saturated carbocycles. The second kappa shape index (κ2) is 2.73. The summed E-state index contributed by atoms with van der Waals surface area (Å²) in [5.74, 6) is 0.420. The Kier molecular flexibility index (Phi) is 1.94. The summed E-state index contributed by atoms with van der Waals surface area (Å²) in [6, 6.07) is 0. The molecule has 3 heteroatoms. The lowest BCUT2D eigenvalue weighted by Gasteiger charge is -2.14. The Hall–Kier alpha value is -0.990. The molecule has 0 atom stereocenters. The Bertz CT molecular complexity index is 196. The quantitative estimate of drug-likeness (QED) is 0.597. The number of halogens is 1. The minimum absolute atomic E-state index is 0.247. The third kappa shape index (κ3) is 1.12. The van der Waals surface area contributed by atoms with Crippen molar-refractivity contribution >= 4 is 0 Å². The molecule has 0 spiro atoms. The van der Waals surface area contributed by atoms with Crippen LogP contribution in [0.25, 0.3) is 0 Å². The molecule has 0 bridgehead atoms. The summed E-state index contributed by atoms with van der Waals surface area (Å²) in [5, 5.41) is 2.75. The van der Waals surface area contributed by atoms with Crippen LogP contribution in [0.2, 0.25) is 0 Å². The fourth-order valence-electron chi connectivity index (χ4n) is 0.833. The Morgan fingerprint density at radius 2 is 2.40 bits per heavy atom. The van der Waals surface area contributed by atoms with Crippen LogP contribution in [0.3, 0.4) is 0 Å². The summed E-state index contributed by atoms with van der Waals surface area (Å²) in [4.78, 5) is 0. The first-order valence-electron chi connectivity index (χ1n) is 3.09. The standard InChI is InChI=1S/C7H10FNO/c1-5-6(8)3-9-4-7(5)10-2/h3,9H,4H2,1-2H3. The van der Waals surface area contributed by atoms with Gasteiger partial charge in [-0.1, -0.05) is 0 Å². The second-order valence-corrected chi connectivity index (χ2v) is 2.13. The van der Waals surface area contributed by atoms with E-state index in [1.165, 1.54) is 6.20 Å². The number of dihydropyridines is 1. The lowest BCUT2D eigenvalue weighted by Crippen LogP contribution is -2.17. The molecule has 10 heavy (non-hydrogen) atoms. The average Bonchev–Trinajstić information content (AvgIpc) is 1.95. The maximum Gasteiger partial charge on any atom is 0.145 e. The van der Waals surface area contributed by atoms with Crippen LogP contribution in [0.4, 0.5) is 4.39 Å². The Labute approximate surface area is 59.4 Å². The molecule has 0 saturated heterocycles. The monoisotopic (exact) mass is 143 g/mol. The molecule has 0 fully saturated rings. The number of rotatable bonds is 1. The van der Waals surface area contributed by atoms with E-state index >= 15 is 0 Å². The lowest BCUT2D eigenvalue weighted by atomic mass is 10.2. The van der Waals surface area contributed by atoms with Crippen LogP contribution < -0.4 is 5.32 Å². The van der Waals surface area contributed by atoms with Crippen LogP contribution in [0.15, 0.2) is 23.4 Å². The van der Waals surface area contributed by atoms with E-state index in [9.17, 15) is 4.39 Å². The van der Waals surface area contributed by atoms with Crippen molar-refractivity contribution in [1.29, 1.82) is 0 Å². The normalized spacial score (nSPS) is 18.1. The largest absolute Gasteiger partial charge is 0.499 e. The van der Waals surface area contributed by atoms with E-state index < -0.39 is 0 Å². The summed E-state index contributed by atoms with van der Waals surface area (Å²) in [6.07, 6.45) is 1.35. The second-order valence-electron chi connectivity index (χ2n) is 2.13. The maximum atomic E-state index is 12.7. The van der Waals surface area contributed by atoms with E-state index in [2.05, 4.69) is 5.32 Å². The van der Waals surface area contributed by atoms with E-state index in [1.54, 1.807) is 14.0 Å². The molecule has 1 aliphatic heterocycles. The molecule has 2 nitrogen and oxygen atoms in total.